The molecular weight excluding hydrogens is 396 g/mol. The smallest absolute Gasteiger partial charge is 0.244 e. The van der Waals surface area contributed by atoms with Crippen molar-refractivity contribution < 1.29 is 9.53 Å². The molecule has 3 aliphatic rings. The quantitative estimate of drug-likeness (QED) is 0.508. The molecule has 1 amide bonds. The number of hydrogen-bond donors (Lipinski definition) is 2. The van der Waals surface area contributed by atoms with E-state index >= 15 is 0 Å². The van der Waals surface area contributed by atoms with Gasteiger partial charge in [-0.2, -0.15) is 4.98 Å². The van der Waals surface area contributed by atoms with E-state index < -0.39 is 0 Å². The number of anilines is 1. The van der Waals surface area contributed by atoms with Gasteiger partial charge in [-0.3, -0.25) is 4.79 Å². The summed E-state index contributed by atoms with van der Waals surface area (Å²) in [6.45, 7) is 0. The fourth-order valence-corrected chi connectivity index (χ4v) is 5.28. The van der Waals surface area contributed by atoms with Gasteiger partial charge < -0.3 is 15.4 Å². The molecule has 0 saturated heterocycles. The molecule has 1 aromatic carbocycles. The number of amides is 1. The lowest BCUT2D eigenvalue weighted by Gasteiger charge is -2.68. The lowest BCUT2D eigenvalue weighted by atomic mass is 9.39. The highest BCUT2D eigenvalue weighted by Gasteiger charge is 2.71. The summed E-state index contributed by atoms with van der Waals surface area (Å²) in [6, 6.07) is 8.02. The number of nitrogens with zero attached hydrogens (tertiary/aromatic N) is 6. The first-order chi connectivity index (χ1) is 15.0. The molecule has 4 aromatic rings. The maximum atomic E-state index is 12.0. The molecule has 3 fully saturated rings. The Morgan fingerprint density at radius 2 is 2.03 bits per heavy atom. The Morgan fingerprint density at radius 3 is 2.77 bits per heavy atom. The van der Waals surface area contributed by atoms with Crippen LogP contribution < -0.4 is 15.4 Å². The van der Waals surface area contributed by atoms with Crippen molar-refractivity contribution in [2.75, 3.05) is 19.5 Å². The van der Waals surface area contributed by atoms with E-state index in [0.29, 0.717) is 11.8 Å². The average molecular weight is 418 g/mol. The number of nitrogens with one attached hydrogen (secondary N) is 2. The number of hydrogen-bond acceptors (Lipinski definition) is 7. The predicted molar refractivity (Wildman–Crippen MR) is 114 cm³/mol. The number of benzene rings is 1. The van der Waals surface area contributed by atoms with Crippen molar-refractivity contribution in [2.24, 2.45) is 12.5 Å². The number of aromatic nitrogens is 6. The number of carbonyl (C=O) groups is 1. The second-order valence-electron chi connectivity index (χ2n) is 8.68. The van der Waals surface area contributed by atoms with Crippen LogP contribution in [0.4, 0.5) is 5.95 Å². The van der Waals surface area contributed by atoms with Gasteiger partial charge >= 0.3 is 0 Å². The molecule has 0 radical (unpaired) electrons. The van der Waals surface area contributed by atoms with Crippen molar-refractivity contribution in [3.63, 3.8) is 0 Å². The maximum Gasteiger partial charge on any atom is 0.244 e. The van der Waals surface area contributed by atoms with Crippen molar-refractivity contribution in [2.45, 2.75) is 24.8 Å². The molecule has 7 rings (SSSR count). The molecule has 0 spiro atoms. The summed E-state index contributed by atoms with van der Waals surface area (Å²) in [5.74, 6) is 1.12. The fraction of sp³-hybridized carbons (Fsp3) is 0.381. The second-order valence-corrected chi connectivity index (χ2v) is 8.68. The molecule has 0 atom stereocenters. The minimum absolute atomic E-state index is 0.0985. The Bertz CT molecular complexity index is 1350. The van der Waals surface area contributed by atoms with Crippen molar-refractivity contribution in [1.82, 2.24) is 34.9 Å². The summed E-state index contributed by atoms with van der Waals surface area (Å²) in [5, 5.41) is 19.1. The second kappa shape index (κ2) is 5.93. The molecule has 2 bridgehead atoms. The van der Waals surface area contributed by atoms with E-state index in [1.165, 1.54) is 0 Å². The van der Waals surface area contributed by atoms with Gasteiger partial charge in [0.25, 0.3) is 0 Å². The van der Waals surface area contributed by atoms with Crippen molar-refractivity contribution in [3.8, 4) is 17.0 Å². The third-order valence-electron chi connectivity index (χ3n) is 6.71. The minimum Gasteiger partial charge on any atom is -0.479 e. The Kier molecular flexibility index (Phi) is 3.46. The van der Waals surface area contributed by atoms with Gasteiger partial charge in [-0.1, -0.05) is 11.3 Å². The number of methoxy groups -OCH3 is 1. The minimum atomic E-state index is -0.212. The Morgan fingerprint density at radius 1 is 1.23 bits per heavy atom. The molecule has 158 valence electrons. The molecule has 3 saturated carbocycles. The average Bonchev–Trinajstić information content (AvgIpc) is 3.32. The fourth-order valence-electron chi connectivity index (χ4n) is 5.28. The molecule has 0 aliphatic heterocycles. The highest BCUT2D eigenvalue weighted by Crippen LogP contribution is 2.68. The lowest BCUT2D eigenvalue weighted by Crippen LogP contribution is -2.75. The third kappa shape index (κ3) is 2.41. The molecule has 0 unspecified atom stereocenters. The third-order valence-corrected chi connectivity index (χ3v) is 6.71. The largest absolute Gasteiger partial charge is 0.479 e. The zero-order valence-corrected chi connectivity index (χ0v) is 17.5. The van der Waals surface area contributed by atoms with E-state index in [2.05, 4.69) is 37.1 Å². The molecular formula is C21H22N8O2. The van der Waals surface area contributed by atoms with E-state index in [0.717, 1.165) is 46.9 Å². The highest BCUT2D eigenvalue weighted by atomic mass is 16.5. The summed E-state index contributed by atoms with van der Waals surface area (Å²) < 4.78 is 9.17. The Hall–Kier alpha value is -3.69. The summed E-state index contributed by atoms with van der Waals surface area (Å²) in [6.07, 6.45) is 4.32. The zero-order valence-electron chi connectivity index (χ0n) is 17.5. The van der Waals surface area contributed by atoms with Gasteiger partial charge in [0.2, 0.25) is 17.7 Å². The summed E-state index contributed by atoms with van der Waals surface area (Å²) in [7, 11) is 5.17. The summed E-state index contributed by atoms with van der Waals surface area (Å²) in [5.41, 5.74) is 4.25. The van der Waals surface area contributed by atoms with Gasteiger partial charge in [0.05, 0.1) is 18.0 Å². The molecule has 3 aromatic heterocycles. The molecule has 31 heavy (non-hydrogen) atoms. The molecule has 3 aliphatic carbocycles. The number of fused-ring (bicyclic) bond motifs is 2. The van der Waals surface area contributed by atoms with Crippen LogP contribution in [0.25, 0.3) is 27.7 Å². The Balaban J connectivity index is 1.35. The van der Waals surface area contributed by atoms with Crippen LogP contribution in [0.2, 0.25) is 0 Å². The van der Waals surface area contributed by atoms with Crippen molar-refractivity contribution in [3.05, 3.63) is 30.5 Å². The monoisotopic (exact) mass is 418 g/mol. The number of rotatable bonds is 5. The van der Waals surface area contributed by atoms with Gasteiger partial charge in [0.15, 0.2) is 0 Å². The normalized spacial score (nSPS) is 24.0. The number of aryl methyl sites for hydroxylation is 1. The SMILES string of the molecule is CNC(=O)C12CC(Nc3nc(OC)c4c(-c5ccc6nnn(C)c6c5)ccn4n3)(C1)C2. The topological polar surface area (TPSA) is 111 Å². The van der Waals surface area contributed by atoms with E-state index in [1.54, 1.807) is 23.4 Å². The van der Waals surface area contributed by atoms with Crippen LogP contribution in [0.1, 0.15) is 19.3 Å². The van der Waals surface area contributed by atoms with Gasteiger partial charge in [-0.15, -0.1) is 10.2 Å². The Labute approximate surface area is 177 Å². The standard InChI is InChI=1S/C21H22N8O2/c1-22-18(30)20-9-21(10-20,11-20)24-19-23-17(31-3)16-13(6-7-29(16)26-19)12-4-5-14-15(8-12)28(2)27-25-14/h4-8H,9-11H2,1-3H3,(H,22,30)(H,24,26). The van der Waals surface area contributed by atoms with Gasteiger partial charge in [-0.05, 0) is 43.0 Å². The van der Waals surface area contributed by atoms with Crippen LogP contribution in [0.15, 0.2) is 30.5 Å². The highest BCUT2D eigenvalue weighted by molar-refractivity contribution is 5.90. The van der Waals surface area contributed by atoms with Crippen LogP contribution in [-0.2, 0) is 11.8 Å². The first-order valence-electron chi connectivity index (χ1n) is 10.2. The van der Waals surface area contributed by atoms with E-state index in [-0.39, 0.29) is 16.9 Å². The van der Waals surface area contributed by atoms with Crippen molar-refractivity contribution >= 4 is 28.4 Å². The van der Waals surface area contributed by atoms with E-state index in [9.17, 15) is 4.79 Å². The maximum absolute atomic E-state index is 12.0. The van der Waals surface area contributed by atoms with Crippen LogP contribution in [-0.4, -0.2) is 55.2 Å². The van der Waals surface area contributed by atoms with Gasteiger partial charge in [0, 0.05) is 31.4 Å². The van der Waals surface area contributed by atoms with Crippen LogP contribution in [0.5, 0.6) is 5.88 Å². The zero-order chi connectivity index (χ0) is 21.4. The van der Waals surface area contributed by atoms with E-state index in [4.69, 9.17) is 4.74 Å². The predicted octanol–water partition coefficient (Wildman–Crippen LogP) is 1.77. The number of ether oxygens (including phenoxy) is 1. The molecule has 10 heteroatoms. The molecule has 3 heterocycles. The lowest BCUT2D eigenvalue weighted by molar-refractivity contribution is -0.167. The van der Waals surface area contributed by atoms with Crippen molar-refractivity contribution in [1.29, 1.82) is 0 Å². The van der Waals surface area contributed by atoms with Gasteiger partial charge in [0.1, 0.15) is 11.0 Å². The summed E-state index contributed by atoms with van der Waals surface area (Å²) in [4.78, 5) is 16.7. The van der Waals surface area contributed by atoms with Gasteiger partial charge in [-0.25, -0.2) is 9.20 Å². The first kappa shape index (κ1) is 18.1. The summed E-state index contributed by atoms with van der Waals surface area (Å²) >= 11 is 0. The molecule has 2 N–H and O–H groups in total. The van der Waals surface area contributed by atoms with E-state index in [1.807, 2.05) is 31.4 Å². The molecule has 10 nitrogen and oxygen atoms in total. The van der Waals surface area contributed by atoms with Crippen LogP contribution >= 0.6 is 0 Å². The van der Waals surface area contributed by atoms with Crippen LogP contribution in [0.3, 0.4) is 0 Å². The van der Waals surface area contributed by atoms with Crippen LogP contribution in [0, 0.1) is 5.41 Å². The number of carbonyl (C=O) groups excluding carboxylic acids is 1. The first-order valence-corrected chi connectivity index (χ1v) is 10.2.